The normalized spacial score (nSPS) is 24.4. The van der Waals surface area contributed by atoms with E-state index in [-0.39, 0.29) is 13.0 Å². The second-order valence-electron chi connectivity index (χ2n) is 4.55. The maximum Gasteiger partial charge on any atom is 0.475 e. The molecule has 3 atom stereocenters. The lowest BCUT2D eigenvalue weighted by molar-refractivity contribution is -0.175. The molecule has 1 heterocycles. The van der Waals surface area contributed by atoms with E-state index in [9.17, 15) is 27.9 Å². The third-order valence-corrected chi connectivity index (χ3v) is 2.92. The van der Waals surface area contributed by atoms with Gasteiger partial charge in [0.1, 0.15) is 6.04 Å². The molecule has 0 radical (unpaired) electrons. The summed E-state index contributed by atoms with van der Waals surface area (Å²) in [6, 6.07) is -1.50. The smallest absolute Gasteiger partial charge is 0.426 e. The van der Waals surface area contributed by atoms with Crippen LogP contribution in [0.15, 0.2) is 0 Å². The third kappa shape index (κ3) is 3.84. The lowest BCUT2D eigenvalue weighted by atomic mass is 9.77. The van der Waals surface area contributed by atoms with Gasteiger partial charge < -0.3 is 25.4 Å². The van der Waals surface area contributed by atoms with Gasteiger partial charge in [0.2, 0.25) is 5.91 Å². The van der Waals surface area contributed by atoms with Crippen molar-refractivity contribution in [1.82, 2.24) is 10.2 Å². The Morgan fingerprint density at radius 1 is 1.40 bits per heavy atom. The highest BCUT2D eigenvalue weighted by atomic mass is 19.4. The molecule has 0 spiro atoms. The highest BCUT2D eigenvalue weighted by Crippen LogP contribution is 2.20. The average molecular weight is 298 g/mol. The van der Waals surface area contributed by atoms with E-state index < -0.39 is 43.2 Å². The number of likely N-dealkylation sites (tertiary alicyclic amines) is 1. The number of β-amino-alcohol motifs (C(OH)–C–C–N with tert-alkyl or cyclic N) is 1. The van der Waals surface area contributed by atoms with Crippen molar-refractivity contribution < 1.29 is 37.9 Å². The van der Waals surface area contributed by atoms with E-state index in [1.54, 1.807) is 0 Å². The standard InChI is InChI=1S/C9H14BF3N2O5/c1-4(14-8(18)9(11,12)13)7(17)15-3-5(16)2-6(15)10(19)20/h4-6,16,19-20H,2-3H2,1H3,(H,14,18)/t4-,5+,6-/m0/s1. The van der Waals surface area contributed by atoms with Crippen LogP contribution < -0.4 is 5.32 Å². The second kappa shape index (κ2) is 5.98. The first kappa shape index (κ1) is 16.7. The molecule has 1 fully saturated rings. The molecule has 0 aliphatic carbocycles. The van der Waals surface area contributed by atoms with Gasteiger partial charge in [0.05, 0.1) is 12.0 Å². The summed E-state index contributed by atoms with van der Waals surface area (Å²) < 4.78 is 36.2. The molecule has 7 nitrogen and oxygen atoms in total. The SMILES string of the molecule is C[C@H](NC(=O)C(F)(F)F)C(=O)N1C[C@H](O)C[C@H]1B(O)O. The lowest BCUT2D eigenvalue weighted by Gasteiger charge is -2.27. The van der Waals surface area contributed by atoms with Gasteiger partial charge in [-0.3, -0.25) is 9.59 Å². The maximum absolute atomic E-state index is 12.1. The first-order valence-corrected chi connectivity index (χ1v) is 5.76. The number of rotatable bonds is 3. The topological polar surface area (TPSA) is 110 Å². The third-order valence-electron chi connectivity index (χ3n) is 2.92. The maximum atomic E-state index is 12.1. The summed E-state index contributed by atoms with van der Waals surface area (Å²) in [5.41, 5.74) is 0. The number of aliphatic hydroxyl groups excluding tert-OH is 1. The Hall–Kier alpha value is -1.33. The lowest BCUT2D eigenvalue weighted by Crippen LogP contribution is -2.54. The molecule has 11 heteroatoms. The number of aliphatic hydroxyl groups is 1. The van der Waals surface area contributed by atoms with Crippen LogP contribution in [0.2, 0.25) is 0 Å². The van der Waals surface area contributed by atoms with Crippen molar-refractivity contribution in [3.05, 3.63) is 0 Å². The Morgan fingerprint density at radius 2 is 1.95 bits per heavy atom. The predicted molar refractivity (Wildman–Crippen MR) is 60.0 cm³/mol. The second-order valence-corrected chi connectivity index (χ2v) is 4.55. The number of nitrogens with one attached hydrogen (secondary N) is 1. The van der Waals surface area contributed by atoms with Crippen LogP contribution in [-0.4, -0.2) is 69.8 Å². The van der Waals surface area contributed by atoms with Gasteiger partial charge >= 0.3 is 19.2 Å². The molecule has 1 saturated heterocycles. The number of carbonyl (C=O) groups excluding carboxylic acids is 2. The van der Waals surface area contributed by atoms with E-state index in [0.29, 0.717) is 0 Å². The van der Waals surface area contributed by atoms with Crippen molar-refractivity contribution in [3.8, 4) is 0 Å². The summed E-state index contributed by atoms with van der Waals surface area (Å²) in [4.78, 5) is 23.4. The molecule has 1 rings (SSSR count). The fourth-order valence-electron chi connectivity index (χ4n) is 1.97. The first-order valence-electron chi connectivity index (χ1n) is 5.76. The van der Waals surface area contributed by atoms with E-state index in [1.165, 1.54) is 5.32 Å². The van der Waals surface area contributed by atoms with Crippen LogP contribution in [0, 0.1) is 0 Å². The summed E-state index contributed by atoms with van der Waals surface area (Å²) in [6.07, 6.45) is -6.23. The van der Waals surface area contributed by atoms with Gasteiger partial charge in [-0.05, 0) is 13.3 Å². The Morgan fingerprint density at radius 3 is 2.40 bits per heavy atom. The summed E-state index contributed by atoms with van der Waals surface area (Å²) in [5, 5.41) is 29.0. The van der Waals surface area contributed by atoms with Crippen LogP contribution in [0.3, 0.4) is 0 Å². The molecular weight excluding hydrogens is 284 g/mol. The van der Waals surface area contributed by atoms with E-state index in [1.807, 2.05) is 0 Å². The highest BCUT2D eigenvalue weighted by molar-refractivity contribution is 6.43. The van der Waals surface area contributed by atoms with Gasteiger partial charge in [0.15, 0.2) is 0 Å². The van der Waals surface area contributed by atoms with Crippen LogP contribution in [0.1, 0.15) is 13.3 Å². The Balaban J connectivity index is 2.71. The largest absolute Gasteiger partial charge is 0.475 e. The molecule has 20 heavy (non-hydrogen) atoms. The molecule has 1 aliphatic rings. The molecule has 114 valence electrons. The van der Waals surface area contributed by atoms with E-state index in [4.69, 9.17) is 10.0 Å². The van der Waals surface area contributed by atoms with Gasteiger partial charge in [-0.1, -0.05) is 0 Å². The minimum absolute atomic E-state index is 0.108. The zero-order chi connectivity index (χ0) is 15.7. The van der Waals surface area contributed by atoms with Crippen molar-refractivity contribution >= 4 is 18.9 Å². The Kier molecular flexibility index (Phi) is 5.00. The predicted octanol–water partition coefficient (Wildman–Crippen LogP) is -1.97. The van der Waals surface area contributed by atoms with Gasteiger partial charge in [0, 0.05) is 6.54 Å². The molecular formula is C9H14BF3N2O5. The summed E-state index contributed by atoms with van der Waals surface area (Å²) in [7, 11) is -1.93. The first-order chi connectivity index (χ1) is 9.04. The van der Waals surface area contributed by atoms with Crippen molar-refractivity contribution in [2.24, 2.45) is 0 Å². The van der Waals surface area contributed by atoms with Gasteiger partial charge in [-0.2, -0.15) is 13.2 Å². The molecule has 0 unspecified atom stereocenters. The van der Waals surface area contributed by atoms with E-state index in [0.717, 1.165) is 11.8 Å². The Labute approximate surface area is 112 Å². The molecule has 1 aliphatic heterocycles. The number of alkyl halides is 3. The molecule has 0 aromatic heterocycles. The monoisotopic (exact) mass is 298 g/mol. The van der Waals surface area contributed by atoms with Crippen LogP contribution in [0.25, 0.3) is 0 Å². The van der Waals surface area contributed by atoms with Crippen LogP contribution >= 0.6 is 0 Å². The van der Waals surface area contributed by atoms with Crippen molar-refractivity contribution in [1.29, 1.82) is 0 Å². The van der Waals surface area contributed by atoms with Crippen LogP contribution in [-0.2, 0) is 9.59 Å². The quantitative estimate of drug-likeness (QED) is 0.452. The van der Waals surface area contributed by atoms with Crippen LogP contribution in [0.4, 0.5) is 13.2 Å². The van der Waals surface area contributed by atoms with E-state index >= 15 is 0 Å². The fourth-order valence-corrected chi connectivity index (χ4v) is 1.97. The summed E-state index contributed by atoms with van der Waals surface area (Å²) >= 11 is 0. The molecule has 4 N–H and O–H groups in total. The molecule has 0 saturated carbocycles. The molecule has 2 amide bonds. The minimum Gasteiger partial charge on any atom is -0.426 e. The number of amides is 2. The van der Waals surface area contributed by atoms with Gasteiger partial charge in [-0.25, -0.2) is 0 Å². The zero-order valence-electron chi connectivity index (χ0n) is 10.5. The Bertz CT molecular complexity index is 392. The van der Waals surface area contributed by atoms with E-state index in [2.05, 4.69) is 0 Å². The number of hydrogen-bond acceptors (Lipinski definition) is 5. The van der Waals surface area contributed by atoms with Crippen molar-refractivity contribution in [2.45, 2.75) is 37.6 Å². The van der Waals surface area contributed by atoms with Crippen molar-refractivity contribution in [3.63, 3.8) is 0 Å². The number of nitrogens with zero attached hydrogens (tertiary/aromatic N) is 1. The van der Waals surface area contributed by atoms with Gasteiger partial charge in [0.25, 0.3) is 0 Å². The number of carbonyl (C=O) groups is 2. The molecule has 0 aromatic rings. The molecule has 0 bridgehead atoms. The minimum atomic E-state index is -5.12. The number of hydrogen-bond donors (Lipinski definition) is 4. The fraction of sp³-hybridized carbons (Fsp3) is 0.778. The molecule has 0 aromatic carbocycles. The summed E-state index contributed by atoms with van der Waals surface area (Å²) in [6.45, 7) is 0.796. The van der Waals surface area contributed by atoms with Gasteiger partial charge in [-0.15, -0.1) is 0 Å². The zero-order valence-corrected chi connectivity index (χ0v) is 10.5. The van der Waals surface area contributed by atoms with Crippen molar-refractivity contribution in [2.75, 3.05) is 6.54 Å². The average Bonchev–Trinajstić information content (AvgIpc) is 2.69. The summed E-state index contributed by atoms with van der Waals surface area (Å²) in [5.74, 6) is -4.32. The highest BCUT2D eigenvalue weighted by Gasteiger charge is 2.44. The number of halogens is 3. The van der Waals surface area contributed by atoms with Crippen LogP contribution in [0.5, 0.6) is 0 Å².